The van der Waals surface area contributed by atoms with Gasteiger partial charge in [0.1, 0.15) is 11.8 Å². The molecule has 0 aliphatic heterocycles. The van der Waals surface area contributed by atoms with E-state index >= 15 is 0 Å². The maximum atomic E-state index is 9.79. The van der Waals surface area contributed by atoms with E-state index in [-0.39, 0.29) is 0 Å². The number of nitrogens with zero attached hydrogens (tertiary/aromatic N) is 3. The Hall–Kier alpha value is -1.20. The third kappa shape index (κ3) is 1.61. The van der Waals surface area contributed by atoms with Crippen LogP contribution in [0.4, 0.5) is 0 Å². The maximum absolute atomic E-state index is 9.79. The molecule has 2 rings (SSSR count). The highest BCUT2D eigenvalue weighted by Gasteiger charge is 2.14. The van der Waals surface area contributed by atoms with E-state index in [9.17, 15) is 5.11 Å². The summed E-state index contributed by atoms with van der Waals surface area (Å²) in [6.07, 6.45) is 0.929. The summed E-state index contributed by atoms with van der Waals surface area (Å²) in [5.41, 5.74) is 0.588. The molecule has 2 aromatic rings. The summed E-state index contributed by atoms with van der Waals surface area (Å²) >= 11 is 1.51. The fourth-order valence-electron chi connectivity index (χ4n) is 1.08. The standard InChI is InChI=1S/C8H9N3OS/c1-11-9-5-6(10-11)8(12)7-3-2-4-13-7/h2-5,8,12H,1H3. The second-order valence-corrected chi connectivity index (χ2v) is 3.66. The average Bonchev–Trinajstić information content (AvgIpc) is 2.72. The van der Waals surface area contributed by atoms with Gasteiger partial charge in [0.2, 0.25) is 0 Å². The maximum Gasteiger partial charge on any atom is 0.134 e. The molecule has 0 fully saturated rings. The van der Waals surface area contributed by atoms with Crippen LogP contribution in [0.5, 0.6) is 0 Å². The minimum atomic E-state index is -0.645. The predicted octanol–water partition coefficient (Wildman–Crippen LogP) is 0.958. The van der Waals surface area contributed by atoms with Crippen LogP contribution in [0, 0.1) is 0 Å². The normalized spacial score (nSPS) is 13.1. The number of hydrogen-bond donors (Lipinski definition) is 1. The van der Waals surface area contributed by atoms with Gasteiger partial charge in [-0.1, -0.05) is 6.07 Å². The molecular weight excluding hydrogens is 186 g/mol. The Morgan fingerprint density at radius 3 is 3.00 bits per heavy atom. The first-order valence-corrected chi connectivity index (χ1v) is 4.73. The summed E-state index contributed by atoms with van der Waals surface area (Å²) in [6, 6.07) is 3.78. The number of thiophene rings is 1. The van der Waals surface area contributed by atoms with Gasteiger partial charge in [-0.05, 0) is 11.4 Å². The molecule has 2 aromatic heterocycles. The van der Waals surface area contributed by atoms with Crippen LogP contribution in [0.3, 0.4) is 0 Å². The van der Waals surface area contributed by atoms with E-state index in [1.807, 2.05) is 17.5 Å². The molecule has 68 valence electrons. The molecule has 0 aromatic carbocycles. The molecule has 1 unspecified atom stereocenters. The first-order chi connectivity index (χ1) is 6.27. The third-order valence-corrected chi connectivity index (χ3v) is 2.63. The Balaban J connectivity index is 2.28. The zero-order valence-corrected chi connectivity index (χ0v) is 7.90. The Morgan fingerprint density at radius 2 is 2.46 bits per heavy atom. The van der Waals surface area contributed by atoms with E-state index in [4.69, 9.17) is 0 Å². The van der Waals surface area contributed by atoms with Crippen molar-refractivity contribution < 1.29 is 5.11 Å². The van der Waals surface area contributed by atoms with E-state index in [2.05, 4.69) is 10.2 Å². The summed E-state index contributed by atoms with van der Waals surface area (Å²) in [6.45, 7) is 0. The van der Waals surface area contributed by atoms with Gasteiger partial charge < -0.3 is 5.11 Å². The second kappa shape index (κ2) is 3.27. The minimum absolute atomic E-state index is 0.588. The van der Waals surface area contributed by atoms with Crippen molar-refractivity contribution in [1.29, 1.82) is 0 Å². The minimum Gasteiger partial charge on any atom is -0.381 e. The van der Waals surface area contributed by atoms with Crippen molar-refractivity contribution in [3.8, 4) is 0 Å². The summed E-state index contributed by atoms with van der Waals surface area (Å²) in [7, 11) is 1.73. The van der Waals surface area contributed by atoms with Crippen molar-refractivity contribution in [2.75, 3.05) is 0 Å². The van der Waals surface area contributed by atoms with Gasteiger partial charge in [-0.2, -0.15) is 15.0 Å². The van der Waals surface area contributed by atoms with Crippen LogP contribution >= 0.6 is 11.3 Å². The molecule has 2 heterocycles. The largest absolute Gasteiger partial charge is 0.381 e. The third-order valence-electron chi connectivity index (χ3n) is 1.71. The van der Waals surface area contributed by atoms with Crippen molar-refractivity contribution >= 4 is 11.3 Å². The average molecular weight is 195 g/mol. The molecular formula is C8H9N3OS. The summed E-state index contributed by atoms with van der Waals surface area (Å²) < 4.78 is 0. The molecule has 0 aliphatic rings. The van der Waals surface area contributed by atoms with Crippen LogP contribution in [0.2, 0.25) is 0 Å². The topological polar surface area (TPSA) is 50.9 Å². The van der Waals surface area contributed by atoms with Crippen LogP contribution in [-0.2, 0) is 7.05 Å². The summed E-state index contributed by atoms with van der Waals surface area (Å²) in [5, 5.41) is 19.6. The Kier molecular flexibility index (Phi) is 2.12. The van der Waals surface area contributed by atoms with E-state index in [1.54, 1.807) is 13.2 Å². The van der Waals surface area contributed by atoms with E-state index in [0.717, 1.165) is 4.88 Å². The van der Waals surface area contributed by atoms with E-state index in [0.29, 0.717) is 5.69 Å². The predicted molar refractivity (Wildman–Crippen MR) is 49.4 cm³/mol. The summed E-state index contributed by atoms with van der Waals surface area (Å²) in [4.78, 5) is 2.33. The van der Waals surface area contributed by atoms with Gasteiger partial charge in [0.15, 0.2) is 0 Å². The van der Waals surface area contributed by atoms with Crippen LogP contribution < -0.4 is 0 Å². The highest BCUT2D eigenvalue weighted by Crippen LogP contribution is 2.23. The zero-order chi connectivity index (χ0) is 9.26. The molecule has 5 heteroatoms. The second-order valence-electron chi connectivity index (χ2n) is 2.68. The van der Waals surface area contributed by atoms with Crippen molar-refractivity contribution in [3.05, 3.63) is 34.3 Å². The molecule has 0 spiro atoms. The fourth-order valence-corrected chi connectivity index (χ4v) is 1.80. The highest BCUT2D eigenvalue weighted by atomic mass is 32.1. The molecule has 0 aliphatic carbocycles. The fraction of sp³-hybridized carbons (Fsp3) is 0.250. The molecule has 0 bridgehead atoms. The van der Waals surface area contributed by atoms with Gasteiger partial charge in [0.05, 0.1) is 6.20 Å². The quantitative estimate of drug-likeness (QED) is 0.776. The van der Waals surface area contributed by atoms with Crippen LogP contribution in [0.1, 0.15) is 16.7 Å². The number of aliphatic hydroxyl groups is 1. The number of rotatable bonds is 2. The SMILES string of the molecule is Cn1ncc(C(O)c2cccs2)n1. The molecule has 0 saturated carbocycles. The first kappa shape index (κ1) is 8.40. The molecule has 0 saturated heterocycles. The van der Waals surface area contributed by atoms with E-state index in [1.165, 1.54) is 16.1 Å². The molecule has 0 amide bonds. The van der Waals surface area contributed by atoms with Gasteiger partial charge >= 0.3 is 0 Å². The van der Waals surface area contributed by atoms with Crippen molar-refractivity contribution in [2.45, 2.75) is 6.10 Å². The Morgan fingerprint density at radius 1 is 1.62 bits per heavy atom. The molecule has 0 radical (unpaired) electrons. The van der Waals surface area contributed by atoms with Crippen LogP contribution in [0.15, 0.2) is 23.7 Å². The van der Waals surface area contributed by atoms with Crippen molar-refractivity contribution in [2.24, 2.45) is 7.05 Å². The van der Waals surface area contributed by atoms with Gasteiger partial charge in [0, 0.05) is 11.9 Å². The number of hydrogen-bond acceptors (Lipinski definition) is 4. The Labute approximate surface area is 79.4 Å². The van der Waals surface area contributed by atoms with Crippen molar-refractivity contribution in [1.82, 2.24) is 15.0 Å². The number of aromatic nitrogens is 3. The molecule has 13 heavy (non-hydrogen) atoms. The molecule has 1 N–H and O–H groups in total. The molecule has 1 atom stereocenters. The number of aryl methyl sites for hydroxylation is 1. The lowest BCUT2D eigenvalue weighted by Gasteiger charge is -2.02. The van der Waals surface area contributed by atoms with Crippen LogP contribution in [0.25, 0.3) is 0 Å². The lowest BCUT2D eigenvalue weighted by atomic mass is 10.2. The Bertz CT molecular complexity index is 382. The van der Waals surface area contributed by atoms with Gasteiger partial charge in [-0.15, -0.1) is 11.3 Å². The van der Waals surface area contributed by atoms with E-state index < -0.39 is 6.10 Å². The van der Waals surface area contributed by atoms with Gasteiger partial charge in [-0.25, -0.2) is 0 Å². The number of aliphatic hydroxyl groups excluding tert-OH is 1. The summed E-state index contributed by atoms with van der Waals surface area (Å²) in [5.74, 6) is 0. The molecule has 4 nitrogen and oxygen atoms in total. The lowest BCUT2D eigenvalue weighted by molar-refractivity contribution is 0.218. The zero-order valence-electron chi connectivity index (χ0n) is 7.08. The van der Waals surface area contributed by atoms with Crippen LogP contribution in [-0.4, -0.2) is 20.1 Å². The smallest absolute Gasteiger partial charge is 0.134 e. The monoisotopic (exact) mass is 195 g/mol. The van der Waals surface area contributed by atoms with Gasteiger partial charge in [0.25, 0.3) is 0 Å². The van der Waals surface area contributed by atoms with Gasteiger partial charge in [-0.3, -0.25) is 0 Å². The lowest BCUT2D eigenvalue weighted by Crippen LogP contribution is -1.99. The highest BCUT2D eigenvalue weighted by molar-refractivity contribution is 7.10. The van der Waals surface area contributed by atoms with Crippen molar-refractivity contribution in [3.63, 3.8) is 0 Å². The first-order valence-electron chi connectivity index (χ1n) is 3.85.